The summed E-state index contributed by atoms with van der Waals surface area (Å²) in [4.78, 5) is 23.5. The van der Waals surface area contributed by atoms with Gasteiger partial charge in [-0.25, -0.2) is 9.97 Å². The molecule has 0 bridgehead atoms. The van der Waals surface area contributed by atoms with E-state index in [4.69, 9.17) is 17.3 Å². The van der Waals surface area contributed by atoms with Crippen molar-refractivity contribution in [1.29, 1.82) is 0 Å². The van der Waals surface area contributed by atoms with Gasteiger partial charge in [0.25, 0.3) is 0 Å². The fourth-order valence-corrected chi connectivity index (χ4v) is 4.11. The van der Waals surface area contributed by atoms with E-state index >= 15 is 0 Å². The molecule has 1 fully saturated rings. The first kappa shape index (κ1) is 16.3. The Balaban J connectivity index is 1.80. The predicted molar refractivity (Wildman–Crippen MR) is 101 cm³/mol. The second-order valence-corrected chi connectivity index (χ2v) is 7.18. The summed E-state index contributed by atoms with van der Waals surface area (Å²) in [6.07, 6.45) is 1.57. The first-order chi connectivity index (χ1) is 12.1. The van der Waals surface area contributed by atoms with Crippen molar-refractivity contribution >= 4 is 44.9 Å². The minimum Gasteiger partial charge on any atom is -0.368 e. The van der Waals surface area contributed by atoms with Crippen molar-refractivity contribution in [3.8, 4) is 11.1 Å². The van der Waals surface area contributed by atoms with Crippen LogP contribution in [-0.4, -0.2) is 41.6 Å². The molecule has 0 saturated carbocycles. The van der Waals surface area contributed by atoms with Crippen LogP contribution in [0.15, 0.2) is 36.0 Å². The highest BCUT2D eigenvalue weighted by Crippen LogP contribution is 2.38. The van der Waals surface area contributed by atoms with E-state index < -0.39 is 0 Å². The molecule has 1 aliphatic heterocycles. The van der Waals surface area contributed by atoms with E-state index in [9.17, 15) is 4.79 Å². The zero-order valence-electron chi connectivity index (χ0n) is 13.3. The van der Waals surface area contributed by atoms with Crippen LogP contribution in [0.3, 0.4) is 0 Å². The standard InChI is InChI=1S/C17H16ClN5OS/c18-11-3-1-10(2-4-11)12-8-25-17-14(12)16(21-9-22-17)23-6-5-20-13(7-23)15(19)24/h1-4,8-9,13,20H,5-7H2,(H2,19,24)/t13-/m0/s1. The van der Waals surface area contributed by atoms with E-state index in [1.807, 2.05) is 24.3 Å². The molecule has 1 aromatic carbocycles. The number of primary amides is 1. The highest BCUT2D eigenvalue weighted by Gasteiger charge is 2.26. The number of nitrogens with two attached hydrogens (primary N) is 1. The fourth-order valence-electron chi connectivity index (χ4n) is 3.07. The summed E-state index contributed by atoms with van der Waals surface area (Å²) in [5.41, 5.74) is 7.60. The number of thiophene rings is 1. The van der Waals surface area contributed by atoms with Crippen LogP contribution in [0.4, 0.5) is 5.82 Å². The third-order valence-corrected chi connectivity index (χ3v) is 5.46. The van der Waals surface area contributed by atoms with Crippen molar-refractivity contribution < 1.29 is 4.79 Å². The molecular weight excluding hydrogens is 358 g/mol. The van der Waals surface area contributed by atoms with Gasteiger partial charge >= 0.3 is 0 Å². The lowest BCUT2D eigenvalue weighted by Crippen LogP contribution is -2.56. The molecule has 2 aromatic heterocycles. The van der Waals surface area contributed by atoms with Gasteiger partial charge in [-0.15, -0.1) is 11.3 Å². The summed E-state index contributed by atoms with van der Waals surface area (Å²) in [5.74, 6) is 0.488. The molecule has 3 aromatic rings. The van der Waals surface area contributed by atoms with Gasteiger partial charge in [0.05, 0.1) is 5.39 Å². The number of hydrogen-bond acceptors (Lipinski definition) is 6. The Hall–Kier alpha value is -2.22. The quantitative estimate of drug-likeness (QED) is 0.735. The second-order valence-electron chi connectivity index (χ2n) is 5.89. The van der Waals surface area contributed by atoms with Crippen LogP contribution < -0.4 is 16.0 Å². The molecule has 25 heavy (non-hydrogen) atoms. The lowest BCUT2D eigenvalue weighted by atomic mass is 10.1. The molecule has 6 nitrogen and oxygen atoms in total. The molecule has 0 spiro atoms. The first-order valence-corrected chi connectivity index (χ1v) is 9.15. The van der Waals surface area contributed by atoms with E-state index in [0.29, 0.717) is 18.1 Å². The Morgan fingerprint density at radius 2 is 2.12 bits per heavy atom. The maximum atomic E-state index is 11.6. The number of fused-ring (bicyclic) bond motifs is 1. The van der Waals surface area contributed by atoms with Crippen LogP contribution in [0.25, 0.3) is 21.3 Å². The Morgan fingerprint density at radius 3 is 2.88 bits per heavy atom. The Kier molecular flexibility index (Phi) is 4.29. The minimum absolute atomic E-state index is 0.349. The summed E-state index contributed by atoms with van der Waals surface area (Å²) in [7, 11) is 0. The third-order valence-electron chi connectivity index (χ3n) is 4.32. The van der Waals surface area contributed by atoms with Crippen LogP contribution >= 0.6 is 22.9 Å². The van der Waals surface area contributed by atoms with Crippen molar-refractivity contribution in [2.24, 2.45) is 5.73 Å². The molecule has 3 heterocycles. The molecule has 1 amide bonds. The maximum Gasteiger partial charge on any atom is 0.236 e. The Morgan fingerprint density at radius 1 is 1.32 bits per heavy atom. The van der Waals surface area contributed by atoms with E-state index in [1.165, 1.54) is 0 Å². The summed E-state index contributed by atoms with van der Waals surface area (Å²) >= 11 is 7.59. The zero-order chi connectivity index (χ0) is 17.4. The van der Waals surface area contributed by atoms with Gasteiger partial charge in [0, 0.05) is 35.6 Å². The maximum absolute atomic E-state index is 11.6. The number of nitrogens with one attached hydrogen (secondary N) is 1. The van der Waals surface area contributed by atoms with Gasteiger partial charge in [-0.1, -0.05) is 23.7 Å². The first-order valence-electron chi connectivity index (χ1n) is 7.89. The van der Waals surface area contributed by atoms with E-state index in [-0.39, 0.29) is 11.9 Å². The highest BCUT2D eigenvalue weighted by molar-refractivity contribution is 7.17. The van der Waals surface area contributed by atoms with Gasteiger partial charge in [-0.2, -0.15) is 0 Å². The van der Waals surface area contributed by atoms with Crippen molar-refractivity contribution in [1.82, 2.24) is 15.3 Å². The lowest BCUT2D eigenvalue weighted by Gasteiger charge is -2.33. The third kappa shape index (κ3) is 3.06. The summed E-state index contributed by atoms with van der Waals surface area (Å²) in [5, 5.41) is 6.92. The predicted octanol–water partition coefficient (Wildman–Crippen LogP) is 2.28. The molecule has 1 atom stereocenters. The monoisotopic (exact) mass is 373 g/mol. The van der Waals surface area contributed by atoms with Gasteiger partial charge in [0.15, 0.2) is 0 Å². The number of piperazine rings is 1. The molecule has 1 aliphatic rings. The van der Waals surface area contributed by atoms with Crippen molar-refractivity contribution in [2.45, 2.75) is 6.04 Å². The lowest BCUT2D eigenvalue weighted by molar-refractivity contribution is -0.120. The number of anilines is 1. The number of halogens is 1. The van der Waals surface area contributed by atoms with Gasteiger partial charge in [0.2, 0.25) is 5.91 Å². The normalized spacial score (nSPS) is 17.8. The molecule has 8 heteroatoms. The fraction of sp³-hybridized carbons (Fsp3) is 0.235. The molecule has 128 valence electrons. The highest BCUT2D eigenvalue weighted by atomic mass is 35.5. The van der Waals surface area contributed by atoms with Crippen molar-refractivity contribution in [2.75, 3.05) is 24.5 Å². The number of carbonyl (C=O) groups excluding carboxylic acids is 1. The van der Waals surface area contributed by atoms with Crippen LogP contribution in [0, 0.1) is 0 Å². The molecule has 0 aliphatic carbocycles. The van der Waals surface area contributed by atoms with Gasteiger partial charge in [0.1, 0.15) is 23.0 Å². The van der Waals surface area contributed by atoms with E-state index in [2.05, 4.69) is 25.6 Å². The van der Waals surface area contributed by atoms with Gasteiger partial charge in [-0.3, -0.25) is 4.79 Å². The van der Waals surface area contributed by atoms with Crippen LogP contribution in [-0.2, 0) is 4.79 Å². The van der Waals surface area contributed by atoms with Crippen LogP contribution in [0.5, 0.6) is 0 Å². The number of nitrogens with zero attached hydrogens (tertiary/aromatic N) is 3. The molecular formula is C17H16ClN5OS. The van der Waals surface area contributed by atoms with E-state index in [1.54, 1.807) is 17.7 Å². The largest absolute Gasteiger partial charge is 0.368 e. The summed E-state index contributed by atoms with van der Waals surface area (Å²) in [6, 6.07) is 7.35. The molecule has 0 radical (unpaired) electrons. The zero-order valence-corrected chi connectivity index (χ0v) is 14.8. The number of rotatable bonds is 3. The average molecular weight is 374 g/mol. The topological polar surface area (TPSA) is 84.1 Å². The van der Waals surface area contributed by atoms with Gasteiger partial charge in [-0.05, 0) is 17.7 Å². The van der Waals surface area contributed by atoms with Crippen LogP contribution in [0.2, 0.25) is 5.02 Å². The molecule has 4 rings (SSSR count). The summed E-state index contributed by atoms with van der Waals surface area (Å²) < 4.78 is 0. The SMILES string of the molecule is NC(=O)[C@@H]1CN(c2ncnc3scc(-c4ccc(Cl)cc4)c23)CCN1. The molecule has 3 N–H and O–H groups in total. The van der Waals surface area contributed by atoms with E-state index in [0.717, 1.165) is 33.7 Å². The number of benzene rings is 1. The number of hydrogen-bond donors (Lipinski definition) is 2. The van der Waals surface area contributed by atoms with Gasteiger partial charge < -0.3 is 16.0 Å². The number of amides is 1. The molecule has 0 unspecified atom stereocenters. The number of aromatic nitrogens is 2. The summed E-state index contributed by atoms with van der Waals surface area (Å²) in [6.45, 7) is 1.93. The average Bonchev–Trinajstić information content (AvgIpc) is 3.06. The Bertz CT molecular complexity index is 926. The van der Waals surface area contributed by atoms with Crippen molar-refractivity contribution in [3.05, 3.63) is 41.0 Å². The second kappa shape index (κ2) is 6.59. The van der Waals surface area contributed by atoms with Crippen molar-refractivity contribution in [3.63, 3.8) is 0 Å². The Labute approximate surface area is 153 Å². The van der Waals surface area contributed by atoms with Crippen LogP contribution in [0.1, 0.15) is 0 Å². The molecule has 1 saturated heterocycles. The minimum atomic E-state index is -0.378. The number of carbonyl (C=O) groups is 1. The smallest absolute Gasteiger partial charge is 0.236 e.